The Kier molecular flexibility index (Phi) is 10.7. The topological polar surface area (TPSA) is 58.4 Å². The zero-order chi connectivity index (χ0) is 17.6. The summed E-state index contributed by atoms with van der Waals surface area (Å²) in [6.45, 7) is 5.76. The van der Waals surface area contributed by atoms with Crippen LogP contribution < -0.4 is 11.1 Å². The molecule has 1 unspecified atom stereocenters. The largest absolute Gasteiger partial charge is 0.352 e. The molecule has 0 aromatic heterocycles. The Morgan fingerprint density at radius 2 is 1.85 bits per heavy atom. The number of hydrogen-bond acceptors (Lipinski definition) is 3. The van der Waals surface area contributed by atoms with E-state index in [0.29, 0.717) is 25.0 Å². The maximum absolute atomic E-state index is 12.6. The van der Waals surface area contributed by atoms with Gasteiger partial charge in [-0.2, -0.15) is 0 Å². The van der Waals surface area contributed by atoms with Crippen molar-refractivity contribution in [3.63, 3.8) is 0 Å². The third kappa shape index (κ3) is 6.35. The predicted octanol–water partition coefficient (Wildman–Crippen LogP) is 3.90. The van der Waals surface area contributed by atoms with E-state index < -0.39 is 0 Å². The second-order valence-corrected chi connectivity index (χ2v) is 7.83. The fraction of sp³-hybridized carbons (Fsp3) is 0.667. The molecule has 3 N–H and O–H groups in total. The molecule has 0 bridgehead atoms. The first-order chi connectivity index (χ1) is 12.2. The smallest absolute Gasteiger partial charge is 0.223 e. The first-order valence-electron chi connectivity index (χ1n) is 9.97. The maximum Gasteiger partial charge on any atom is 0.223 e. The number of halogens is 2. The summed E-state index contributed by atoms with van der Waals surface area (Å²) in [5.74, 6) is 0.665. The van der Waals surface area contributed by atoms with Gasteiger partial charge in [0.25, 0.3) is 0 Å². The van der Waals surface area contributed by atoms with E-state index >= 15 is 0 Å². The van der Waals surface area contributed by atoms with E-state index in [4.69, 9.17) is 5.73 Å². The Morgan fingerprint density at radius 3 is 2.56 bits per heavy atom. The highest BCUT2D eigenvalue weighted by molar-refractivity contribution is 5.85. The average molecular weight is 416 g/mol. The van der Waals surface area contributed by atoms with Crippen molar-refractivity contribution < 1.29 is 4.79 Å². The van der Waals surface area contributed by atoms with Crippen molar-refractivity contribution in [1.82, 2.24) is 10.2 Å². The van der Waals surface area contributed by atoms with Crippen molar-refractivity contribution in [3.05, 3.63) is 35.4 Å². The van der Waals surface area contributed by atoms with Gasteiger partial charge in [-0.05, 0) is 62.7 Å². The van der Waals surface area contributed by atoms with Crippen molar-refractivity contribution >= 4 is 30.7 Å². The Labute approximate surface area is 176 Å². The predicted molar refractivity (Wildman–Crippen MR) is 116 cm³/mol. The lowest BCUT2D eigenvalue weighted by Crippen LogP contribution is -2.37. The van der Waals surface area contributed by atoms with Gasteiger partial charge in [0, 0.05) is 25.0 Å². The molecule has 1 aliphatic heterocycles. The third-order valence-corrected chi connectivity index (χ3v) is 6.18. The summed E-state index contributed by atoms with van der Waals surface area (Å²) in [6.07, 6.45) is 7.15. The minimum atomic E-state index is 0. The van der Waals surface area contributed by atoms with E-state index in [-0.39, 0.29) is 36.6 Å². The molecule has 4 nitrogen and oxygen atoms in total. The molecule has 0 radical (unpaired) electrons. The first-order valence-corrected chi connectivity index (χ1v) is 9.97. The van der Waals surface area contributed by atoms with Crippen LogP contribution >= 0.6 is 24.8 Å². The maximum atomic E-state index is 12.6. The van der Waals surface area contributed by atoms with Gasteiger partial charge in [0.2, 0.25) is 5.91 Å². The summed E-state index contributed by atoms with van der Waals surface area (Å²) < 4.78 is 0. The highest BCUT2D eigenvalue weighted by atomic mass is 35.5. The van der Waals surface area contributed by atoms with Crippen LogP contribution in [-0.4, -0.2) is 29.9 Å². The van der Waals surface area contributed by atoms with Crippen LogP contribution in [0.2, 0.25) is 0 Å². The van der Waals surface area contributed by atoms with Gasteiger partial charge in [0.15, 0.2) is 0 Å². The number of benzene rings is 1. The quantitative estimate of drug-likeness (QED) is 0.740. The van der Waals surface area contributed by atoms with E-state index in [0.717, 1.165) is 25.8 Å². The van der Waals surface area contributed by atoms with Crippen LogP contribution in [0.25, 0.3) is 0 Å². The molecule has 1 saturated carbocycles. The molecular formula is C21H35Cl2N3O. The van der Waals surface area contributed by atoms with Gasteiger partial charge in [0.1, 0.15) is 0 Å². The van der Waals surface area contributed by atoms with Gasteiger partial charge >= 0.3 is 0 Å². The Balaban J connectivity index is 0.00000182. The number of carbonyl (C=O) groups excluding carboxylic acids is 1. The summed E-state index contributed by atoms with van der Waals surface area (Å²) in [6, 6.07) is 9.19. The highest BCUT2D eigenvalue weighted by Crippen LogP contribution is 2.31. The van der Waals surface area contributed by atoms with Crippen LogP contribution in [0, 0.1) is 11.8 Å². The molecule has 3 atom stereocenters. The molecule has 1 aromatic carbocycles. The molecular weight excluding hydrogens is 381 g/mol. The highest BCUT2D eigenvalue weighted by Gasteiger charge is 2.31. The fourth-order valence-corrected chi connectivity index (χ4v) is 4.47. The zero-order valence-corrected chi connectivity index (χ0v) is 18.0. The van der Waals surface area contributed by atoms with Gasteiger partial charge in [-0.3, -0.25) is 9.69 Å². The average Bonchev–Trinajstić information content (AvgIpc) is 3.11. The Hall–Kier alpha value is -0.810. The molecule has 27 heavy (non-hydrogen) atoms. The SMILES string of the molecule is CC1CCCCN1Cc1ccccc1CNC(=O)[C@@H]1CCC[C@@H]1CN.Cl.Cl. The molecule has 154 valence electrons. The van der Waals surface area contributed by atoms with Gasteiger partial charge in [-0.15, -0.1) is 24.8 Å². The van der Waals surface area contributed by atoms with Crippen molar-refractivity contribution in [3.8, 4) is 0 Å². The number of likely N-dealkylation sites (tertiary alicyclic amines) is 1. The lowest BCUT2D eigenvalue weighted by atomic mass is 9.95. The molecule has 2 aliphatic rings. The number of amides is 1. The van der Waals surface area contributed by atoms with Crippen molar-refractivity contribution in [2.24, 2.45) is 17.6 Å². The Morgan fingerprint density at radius 1 is 1.11 bits per heavy atom. The molecule has 0 spiro atoms. The minimum Gasteiger partial charge on any atom is -0.352 e. The second kappa shape index (κ2) is 11.9. The van der Waals surface area contributed by atoms with E-state index in [9.17, 15) is 4.79 Å². The van der Waals surface area contributed by atoms with Crippen LogP contribution in [0.4, 0.5) is 0 Å². The Bertz CT molecular complexity index is 584. The first kappa shape index (κ1) is 24.2. The second-order valence-electron chi connectivity index (χ2n) is 7.83. The lowest BCUT2D eigenvalue weighted by Gasteiger charge is -2.33. The molecule has 1 aromatic rings. The van der Waals surface area contributed by atoms with Gasteiger partial charge in [-0.25, -0.2) is 0 Å². The molecule has 6 heteroatoms. The van der Waals surface area contributed by atoms with Gasteiger partial charge < -0.3 is 11.1 Å². The summed E-state index contributed by atoms with van der Waals surface area (Å²) in [5, 5.41) is 3.18. The molecule has 1 saturated heterocycles. The number of piperidine rings is 1. The number of hydrogen-bond donors (Lipinski definition) is 2. The summed E-state index contributed by atoms with van der Waals surface area (Å²) in [7, 11) is 0. The summed E-state index contributed by atoms with van der Waals surface area (Å²) >= 11 is 0. The van der Waals surface area contributed by atoms with Crippen LogP contribution in [0.3, 0.4) is 0 Å². The summed E-state index contributed by atoms with van der Waals surface area (Å²) in [4.78, 5) is 15.1. The summed E-state index contributed by atoms with van der Waals surface area (Å²) in [5.41, 5.74) is 8.42. The van der Waals surface area contributed by atoms with Crippen molar-refractivity contribution in [1.29, 1.82) is 0 Å². The third-order valence-electron chi connectivity index (χ3n) is 6.18. The van der Waals surface area contributed by atoms with Crippen LogP contribution in [0.5, 0.6) is 0 Å². The van der Waals surface area contributed by atoms with Crippen molar-refractivity contribution in [2.45, 2.75) is 64.6 Å². The van der Waals surface area contributed by atoms with E-state index in [2.05, 4.69) is 41.4 Å². The van der Waals surface area contributed by atoms with Crippen molar-refractivity contribution in [2.75, 3.05) is 13.1 Å². The zero-order valence-electron chi connectivity index (χ0n) is 16.4. The number of nitrogens with two attached hydrogens (primary N) is 1. The fourth-order valence-electron chi connectivity index (χ4n) is 4.47. The van der Waals surface area contributed by atoms with E-state index in [1.807, 2.05) is 0 Å². The minimum absolute atomic E-state index is 0. The standard InChI is InChI=1S/C21H33N3O.2ClH/c1-16-7-4-5-12-24(16)15-19-9-3-2-8-18(19)14-23-21(25)20-11-6-10-17(20)13-22;;/h2-3,8-9,16-17,20H,4-7,10-15,22H2,1H3,(H,23,25);2*1H/t16?,17-,20-;;/m1../s1. The van der Waals surface area contributed by atoms with Crippen LogP contribution in [-0.2, 0) is 17.9 Å². The monoisotopic (exact) mass is 415 g/mol. The number of rotatable bonds is 6. The molecule has 2 fully saturated rings. The normalized spacial score (nSPS) is 25.3. The molecule has 1 amide bonds. The van der Waals surface area contributed by atoms with Crippen LogP contribution in [0.15, 0.2) is 24.3 Å². The van der Waals surface area contributed by atoms with Gasteiger partial charge in [0.05, 0.1) is 0 Å². The van der Waals surface area contributed by atoms with Crippen LogP contribution in [0.1, 0.15) is 56.6 Å². The number of carbonyl (C=O) groups is 1. The molecule has 3 rings (SSSR count). The van der Waals surface area contributed by atoms with E-state index in [1.54, 1.807) is 0 Å². The lowest BCUT2D eigenvalue weighted by molar-refractivity contribution is -0.126. The van der Waals surface area contributed by atoms with Gasteiger partial charge in [-0.1, -0.05) is 37.1 Å². The van der Waals surface area contributed by atoms with E-state index in [1.165, 1.54) is 36.9 Å². The molecule has 1 heterocycles. The number of nitrogens with zero attached hydrogens (tertiary/aromatic N) is 1. The number of nitrogens with one attached hydrogen (secondary N) is 1. The molecule has 1 aliphatic carbocycles.